The molecule has 0 aliphatic carbocycles. The fourth-order valence-corrected chi connectivity index (χ4v) is 1.23. The van der Waals surface area contributed by atoms with Crippen LogP contribution in [0.2, 0.25) is 0 Å². The van der Waals surface area contributed by atoms with Crippen molar-refractivity contribution >= 4 is 11.5 Å². The van der Waals surface area contributed by atoms with Crippen molar-refractivity contribution < 1.29 is 0 Å². The Balaban J connectivity index is 2.17. The molecule has 2 rings (SSSR count). The Labute approximate surface area is 83.0 Å². The molecule has 0 aliphatic heterocycles. The van der Waals surface area contributed by atoms with Crippen molar-refractivity contribution in [3.8, 4) is 0 Å². The van der Waals surface area contributed by atoms with Gasteiger partial charge in [-0.3, -0.25) is 0 Å². The highest BCUT2D eigenvalue weighted by molar-refractivity contribution is 5.42. The predicted octanol–water partition coefficient (Wildman–Crippen LogP) is 1.80. The van der Waals surface area contributed by atoms with Crippen LogP contribution in [0.4, 0.5) is 5.82 Å². The van der Waals surface area contributed by atoms with Crippen LogP contribution in [-0.4, -0.2) is 20.9 Å². The third-order valence-corrected chi connectivity index (χ3v) is 1.97. The van der Waals surface area contributed by atoms with Crippen LogP contribution in [0.15, 0.2) is 24.8 Å². The maximum Gasteiger partial charge on any atom is 0.155 e. The van der Waals surface area contributed by atoms with Crippen LogP contribution < -0.4 is 5.32 Å². The number of hydrogen-bond donors (Lipinski definition) is 1. The maximum atomic E-state index is 4.26. The van der Waals surface area contributed by atoms with E-state index in [1.54, 1.807) is 12.4 Å². The zero-order chi connectivity index (χ0) is 9.97. The Morgan fingerprint density at radius 2 is 2.29 bits per heavy atom. The van der Waals surface area contributed by atoms with Crippen LogP contribution in [0, 0.1) is 5.92 Å². The lowest BCUT2D eigenvalue weighted by Crippen LogP contribution is -2.09. The number of rotatable bonds is 3. The first-order chi connectivity index (χ1) is 6.75. The molecule has 0 aliphatic rings. The van der Waals surface area contributed by atoms with E-state index in [9.17, 15) is 0 Å². The Hall–Kier alpha value is -1.58. The zero-order valence-corrected chi connectivity index (χ0v) is 8.44. The molecule has 0 fully saturated rings. The first kappa shape index (κ1) is 8.99. The summed E-state index contributed by atoms with van der Waals surface area (Å²) < 4.78 is 1.95. The molecule has 0 saturated heterocycles. The van der Waals surface area contributed by atoms with Gasteiger partial charge in [0.15, 0.2) is 5.65 Å². The minimum absolute atomic E-state index is 0.621. The van der Waals surface area contributed by atoms with Crippen LogP contribution in [0.3, 0.4) is 0 Å². The molecule has 1 N–H and O–H groups in total. The molecular weight excluding hydrogens is 176 g/mol. The van der Waals surface area contributed by atoms with Crippen molar-refractivity contribution in [2.45, 2.75) is 13.8 Å². The van der Waals surface area contributed by atoms with Gasteiger partial charge in [-0.15, -0.1) is 0 Å². The molecule has 2 heterocycles. The van der Waals surface area contributed by atoms with Gasteiger partial charge in [-0.2, -0.15) is 0 Å². The van der Waals surface area contributed by atoms with E-state index in [2.05, 4.69) is 29.1 Å². The second kappa shape index (κ2) is 3.65. The van der Waals surface area contributed by atoms with Crippen molar-refractivity contribution in [3.63, 3.8) is 0 Å². The summed E-state index contributed by atoms with van der Waals surface area (Å²) >= 11 is 0. The minimum atomic E-state index is 0.621. The fraction of sp³-hybridized carbons (Fsp3) is 0.400. The molecule has 0 saturated carbocycles. The monoisotopic (exact) mass is 190 g/mol. The van der Waals surface area contributed by atoms with Gasteiger partial charge >= 0.3 is 0 Å². The third-order valence-electron chi connectivity index (χ3n) is 1.97. The molecular formula is C10H14N4. The summed E-state index contributed by atoms with van der Waals surface area (Å²) in [7, 11) is 0. The lowest BCUT2D eigenvalue weighted by atomic mass is 10.2. The Morgan fingerprint density at radius 1 is 1.43 bits per heavy atom. The van der Waals surface area contributed by atoms with E-state index in [4.69, 9.17) is 0 Å². The van der Waals surface area contributed by atoms with E-state index >= 15 is 0 Å². The standard InChI is InChI=1S/C10H14N4/c1-8(2)5-12-9-7-14-4-3-11-10(14)6-13-9/h3-4,6-8,12H,5H2,1-2H3. The Bertz CT molecular complexity index is 419. The van der Waals surface area contributed by atoms with Gasteiger partial charge in [0, 0.05) is 18.9 Å². The number of fused-ring (bicyclic) bond motifs is 1. The number of imidazole rings is 1. The van der Waals surface area contributed by atoms with E-state index < -0.39 is 0 Å². The summed E-state index contributed by atoms with van der Waals surface area (Å²) in [6.07, 6.45) is 7.40. The maximum absolute atomic E-state index is 4.26. The molecule has 0 spiro atoms. The highest BCUT2D eigenvalue weighted by Crippen LogP contribution is 2.05. The summed E-state index contributed by atoms with van der Waals surface area (Å²) in [5, 5.41) is 3.27. The van der Waals surface area contributed by atoms with E-state index in [1.807, 2.05) is 16.8 Å². The van der Waals surface area contributed by atoms with Crippen molar-refractivity contribution in [2.24, 2.45) is 5.92 Å². The number of aromatic nitrogens is 3. The first-order valence-corrected chi connectivity index (χ1v) is 4.78. The highest BCUT2D eigenvalue weighted by Gasteiger charge is 1.98. The van der Waals surface area contributed by atoms with Crippen molar-refractivity contribution in [1.82, 2.24) is 14.4 Å². The van der Waals surface area contributed by atoms with Gasteiger partial charge in [-0.05, 0) is 5.92 Å². The topological polar surface area (TPSA) is 42.2 Å². The Morgan fingerprint density at radius 3 is 3.07 bits per heavy atom. The molecule has 0 unspecified atom stereocenters. The van der Waals surface area contributed by atoms with Crippen LogP contribution in [0.25, 0.3) is 5.65 Å². The highest BCUT2D eigenvalue weighted by atomic mass is 15.1. The van der Waals surface area contributed by atoms with Crippen LogP contribution in [-0.2, 0) is 0 Å². The quantitative estimate of drug-likeness (QED) is 0.802. The van der Waals surface area contributed by atoms with Crippen LogP contribution in [0.1, 0.15) is 13.8 Å². The molecule has 0 bridgehead atoms. The summed E-state index contributed by atoms with van der Waals surface area (Å²) in [6.45, 7) is 5.28. The van der Waals surface area contributed by atoms with E-state index in [0.717, 1.165) is 18.0 Å². The zero-order valence-electron chi connectivity index (χ0n) is 8.44. The molecule has 74 valence electrons. The predicted molar refractivity (Wildman–Crippen MR) is 56.3 cm³/mol. The minimum Gasteiger partial charge on any atom is -0.369 e. The molecule has 0 radical (unpaired) electrons. The van der Waals surface area contributed by atoms with Gasteiger partial charge in [0.05, 0.1) is 12.4 Å². The SMILES string of the molecule is CC(C)CNc1cn2ccnc2cn1. The lowest BCUT2D eigenvalue weighted by molar-refractivity contribution is 0.686. The summed E-state index contributed by atoms with van der Waals surface area (Å²) in [6, 6.07) is 0. The van der Waals surface area contributed by atoms with Gasteiger partial charge in [0.2, 0.25) is 0 Å². The molecule has 2 aromatic heterocycles. The molecule has 0 amide bonds. The summed E-state index contributed by atoms with van der Waals surface area (Å²) in [5.74, 6) is 1.51. The number of anilines is 1. The van der Waals surface area contributed by atoms with E-state index in [1.165, 1.54) is 0 Å². The Kier molecular flexibility index (Phi) is 2.35. The van der Waals surface area contributed by atoms with E-state index in [-0.39, 0.29) is 0 Å². The van der Waals surface area contributed by atoms with Gasteiger partial charge in [-0.1, -0.05) is 13.8 Å². The largest absolute Gasteiger partial charge is 0.369 e. The average Bonchev–Trinajstić information content (AvgIpc) is 2.61. The van der Waals surface area contributed by atoms with Gasteiger partial charge < -0.3 is 9.72 Å². The fourth-order valence-electron chi connectivity index (χ4n) is 1.23. The van der Waals surface area contributed by atoms with Crippen molar-refractivity contribution in [1.29, 1.82) is 0 Å². The van der Waals surface area contributed by atoms with Crippen LogP contribution >= 0.6 is 0 Å². The smallest absolute Gasteiger partial charge is 0.155 e. The molecule has 2 aromatic rings. The number of hydrogen-bond acceptors (Lipinski definition) is 3. The molecule has 0 atom stereocenters. The lowest BCUT2D eigenvalue weighted by Gasteiger charge is -2.07. The van der Waals surface area contributed by atoms with Crippen molar-refractivity contribution in [3.05, 3.63) is 24.8 Å². The second-order valence-electron chi connectivity index (χ2n) is 3.74. The van der Waals surface area contributed by atoms with Crippen LogP contribution in [0.5, 0.6) is 0 Å². The van der Waals surface area contributed by atoms with Gasteiger partial charge in [-0.25, -0.2) is 9.97 Å². The molecule has 0 aromatic carbocycles. The molecule has 4 nitrogen and oxygen atoms in total. The summed E-state index contributed by atoms with van der Waals surface area (Å²) in [5.41, 5.74) is 0.875. The van der Waals surface area contributed by atoms with Crippen molar-refractivity contribution in [2.75, 3.05) is 11.9 Å². The second-order valence-corrected chi connectivity index (χ2v) is 3.74. The van der Waals surface area contributed by atoms with Gasteiger partial charge in [0.25, 0.3) is 0 Å². The molecule has 4 heteroatoms. The number of nitrogens with zero attached hydrogens (tertiary/aromatic N) is 3. The average molecular weight is 190 g/mol. The first-order valence-electron chi connectivity index (χ1n) is 4.78. The normalized spacial score (nSPS) is 11.1. The molecule has 14 heavy (non-hydrogen) atoms. The third kappa shape index (κ3) is 1.84. The summed E-state index contributed by atoms with van der Waals surface area (Å²) in [4.78, 5) is 8.38. The van der Waals surface area contributed by atoms with E-state index in [0.29, 0.717) is 5.92 Å². The number of nitrogens with one attached hydrogen (secondary N) is 1. The van der Waals surface area contributed by atoms with Gasteiger partial charge in [0.1, 0.15) is 5.82 Å².